The molecule has 0 spiro atoms. The van der Waals surface area contributed by atoms with E-state index in [1.54, 1.807) is 53.2 Å². The molecule has 0 saturated heterocycles. The van der Waals surface area contributed by atoms with E-state index in [1.165, 1.54) is 17.1 Å². The van der Waals surface area contributed by atoms with Crippen molar-refractivity contribution in [2.75, 3.05) is 0 Å². The third-order valence-corrected chi connectivity index (χ3v) is 6.34. The summed E-state index contributed by atoms with van der Waals surface area (Å²) in [6.45, 7) is 0. The van der Waals surface area contributed by atoms with Gasteiger partial charge in [0.2, 0.25) is 0 Å². The largest absolute Gasteiger partial charge is 0.411 e. The highest BCUT2D eigenvalue weighted by Crippen LogP contribution is 2.33. The van der Waals surface area contributed by atoms with Gasteiger partial charge in [-0.05, 0) is 59.3 Å². The van der Waals surface area contributed by atoms with Crippen molar-refractivity contribution in [1.29, 1.82) is 0 Å². The number of fused-ring (bicyclic) bond motifs is 1. The summed E-state index contributed by atoms with van der Waals surface area (Å²) >= 11 is 6.26. The molecule has 0 bridgehead atoms. The molecule has 6 rings (SSSR count). The quantitative estimate of drug-likeness (QED) is 0.361. The zero-order valence-corrected chi connectivity index (χ0v) is 19.8. The van der Waals surface area contributed by atoms with Crippen LogP contribution in [0, 0.1) is 0 Å². The number of aromatic amines is 1. The maximum atomic E-state index is 13.3. The van der Waals surface area contributed by atoms with Crippen LogP contribution in [0.5, 0.6) is 5.75 Å². The van der Waals surface area contributed by atoms with Crippen LogP contribution < -0.4 is 16.0 Å². The number of nitrogens with two attached hydrogens (primary N) is 1. The Morgan fingerprint density at radius 2 is 2.00 bits per heavy atom. The average molecular weight is 516 g/mol. The number of benzene rings is 2. The monoisotopic (exact) mass is 515 g/mol. The Morgan fingerprint density at radius 3 is 2.76 bits per heavy atom. The minimum Gasteiger partial charge on any atom is -0.411 e. The first-order chi connectivity index (χ1) is 18.0. The fraction of sp³-hybridized carbons (Fsp3) is 0.125. The van der Waals surface area contributed by atoms with Crippen LogP contribution in [0.15, 0.2) is 65.8 Å². The van der Waals surface area contributed by atoms with Crippen LogP contribution in [0.4, 0.5) is 4.79 Å². The number of carbonyl (C=O) groups excluding carboxylic acids is 1. The predicted molar refractivity (Wildman–Crippen MR) is 132 cm³/mol. The summed E-state index contributed by atoms with van der Waals surface area (Å²) in [7, 11) is 0. The van der Waals surface area contributed by atoms with Crippen LogP contribution >= 0.6 is 11.6 Å². The van der Waals surface area contributed by atoms with Crippen molar-refractivity contribution in [3.05, 3.63) is 87.9 Å². The number of aromatic nitrogens is 8. The molecule has 5 aromatic rings. The fourth-order valence-corrected chi connectivity index (χ4v) is 4.68. The molecule has 0 fully saturated rings. The van der Waals surface area contributed by atoms with Crippen LogP contribution in [0.3, 0.4) is 0 Å². The van der Waals surface area contributed by atoms with E-state index in [4.69, 9.17) is 27.1 Å². The number of primary amides is 1. The molecule has 3 N–H and O–H groups in total. The molecule has 184 valence electrons. The van der Waals surface area contributed by atoms with Crippen molar-refractivity contribution in [3.8, 4) is 34.1 Å². The number of hydrogen-bond donors (Lipinski definition) is 2. The van der Waals surface area contributed by atoms with Crippen molar-refractivity contribution < 1.29 is 9.53 Å². The number of ether oxygens (including phenoxy) is 1. The van der Waals surface area contributed by atoms with E-state index in [0.29, 0.717) is 52.2 Å². The molecule has 2 aromatic carbocycles. The lowest BCUT2D eigenvalue weighted by atomic mass is 10.1. The predicted octanol–water partition coefficient (Wildman–Crippen LogP) is 2.92. The molecule has 0 saturated carbocycles. The van der Waals surface area contributed by atoms with Gasteiger partial charge in [-0.1, -0.05) is 11.6 Å². The van der Waals surface area contributed by atoms with Crippen LogP contribution in [0.25, 0.3) is 28.3 Å². The molecule has 1 amide bonds. The topological polar surface area (TPSA) is 159 Å². The first-order valence-corrected chi connectivity index (χ1v) is 11.6. The number of tetrazole rings is 1. The Kier molecular flexibility index (Phi) is 5.49. The van der Waals surface area contributed by atoms with Gasteiger partial charge < -0.3 is 15.5 Å². The van der Waals surface area contributed by atoms with E-state index in [-0.39, 0.29) is 11.6 Å². The number of amides is 1. The van der Waals surface area contributed by atoms with Crippen molar-refractivity contribution >= 4 is 17.7 Å². The van der Waals surface area contributed by atoms with Crippen LogP contribution in [-0.2, 0) is 6.42 Å². The Balaban J connectivity index is 1.32. The highest BCUT2D eigenvalue weighted by molar-refractivity contribution is 6.31. The molecule has 12 nitrogen and oxygen atoms in total. The summed E-state index contributed by atoms with van der Waals surface area (Å²) in [6, 6.07) is 13.3. The summed E-state index contributed by atoms with van der Waals surface area (Å²) in [5.74, 6) is 1.63. The number of imidazole rings is 1. The van der Waals surface area contributed by atoms with Crippen molar-refractivity contribution in [2.24, 2.45) is 5.73 Å². The Bertz CT molecular complexity index is 1680. The maximum absolute atomic E-state index is 13.3. The van der Waals surface area contributed by atoms with E-state index < -0.39 is 6.09 Å². The minimum absolute atomic E-state index is 0.186. The molecule has 13 heteroatoms. The van der Waals surface area contributed by atoms with E-state index in [0.717, 1.165) is 11.3 Å². The zero-order chi connectivity index (χ0) is 25.5. The smallest absolute Gasteiger partial charge is 0.409 e. The molecular weight excluding hydrogens is 498 g/mol. The Hall–Kier alpha value is -4.84. The lowest BCUT2D eigenvalue weighted by molar-refractivity contribution is 0.211. The van der Waals surface area contributed by atoms with Gasteiger partial charge in [0.25, 0.3) is 5.56 Å². The fourth-order valence-electron chi connectivity index (χ4n) is 4.51. The summed E-state index contributed by atoms with van der Waals surface area (Å²) in [5, 5.41) is 11.8. The number of halogens is 1. The second kappa shape index (κ2) is 8.99. The van der Waals surface area contributed by atoms with Gasteiger partial charge in [0.05, 0.1) is 29.3 Å². The third-order valence-electron chi connectivity index (χ3n) is 6.11. The van der Waals surface area contributed by atoms with Gasteiger partial charge in [0.15, 0.2) is 0 Å². The number of carbonyl (C=O) groups is 1. The second-order valence-corrected chi connectivity index (χ2v) is 8.81. The second-order valence-electron chi connectivity index (χ2n) is 8.37. The Morgan fingerprint density at radius 1 is 1.16 bits per heavy atom. The SMILES string of the molecule is NC(=O)Oc1ccc(-c2ncc([C@@H]3CCc4nc(-c5cc(Cl)ccc5-n5cnnn5)cc(=O)n43)[nH]2)cc1. The van der Waals surface area contributed by atoms with Gasteiger partial charge in [-0.3, -0.25) is 9.36 Å². The molecule has 0 aliphatic carbocycles. The number of nitrogens with zero attached hydrogens (tertiary/aromatic N) is 7. The number of rotatable bonds is 5. The average Bonchev–Trinajstić information content (AvgIpc) is 3.65. The zero-order valence-electron chi connectivity index (χ0n) is 19.1. The molecule has 1 aliphatic rings. The minimum atomic E-state index is -0.878. The summed E-state index contributed by atoms with van der Waals surface area (Å²) < 4.78 is 8.05. The molecule has 37 heavy (non-hydrogen) atoms. The van der Waals surface area contributed by atoms with Crippen molar-refractivity contribution in [3.63, 3.8) is 0 Å². The molecular formula is C24H18ClN9O3. The normalized spacial score (nSPS) is 14.5. The first kappa shape index (κ1) is 22.6. The van der Waals surface area contributed by atoms with Gasteiger partial charge in [-0.15, -0.1) is 5.10 Å². The molecule has 4 heterocycles. The molecule has 0 unspecified atom stereocenters. The van der Waals surface area contributed by atoms with Crippen LogP contribution in [0.2, 0.25) is 5.02 Å². The van der Waals surface area contributed by atoms with E-state index in [9.17, 15) is 9.59 Å². The van der Waals surface area contributed by atoms with Gasteiger partial charge in [-0.2, -0.15) is 4.68 Å². The lowest BCUT2D eigenvalue weighted by Crippen LogP contribution is -2.24. The van der Waals surface area contributed by atoms with Gasteiger partial charge in [-0.25, -0.2) is 14.8 Å². The number of aryl methyl sites for hydroxylation is 1. The molecule has 3 aromatic heterocycles. The third kappa shape index (κ3) is 4.23. The number of H-pyrrole nitrogens is 1. The first-order valence-electron chi connectivity index (χ1n) is 11.2. The standard InChI is InChI=1S/C24H18ClN9O3/c25-14-3-6-19(33-12-28-31-32-33)16(9-14)17-10-22(35)34-20(7-8-21(34)29-17)18-11-27-23(30-18)13-1-4-15(5-2-13)37-24(26)36/h1-6,9-12,20H,7-8H2,(H2,26,36)(H,27,30)/t20-/m0/s1. The Labute approximate surface area is 213 Å². The molecule has 1 aliphatic heterocycles. The highest BCUT2D eigenvalue weighted by Gasteiger charge is 2.28. The van der Waals surface area contributed by atoms with Gasteiger partial charge >= 0.3 is 6.09 Å². The van der Waals surface area contributed by atoms with E-state index in [1.807, 2.05) is 0 Å². The maximum Gasteiger partial charge on any atom is 0.409 e. The number of hydrogen-bond acceptors (Lipinski definition) is 8. The summed E-state index contributed by atoms with van der Waals surface area (Å²) in [4.78, 5) is 36.8. The van der Waals surface area contributed by atoms with Gasteiger partial charge in [0, 0.05) is 28.6 Å². The highest BCUT2D eigenvalue weighted by atomic mass is 35.5. The summed E-state index contributed by atoms with van der Waals surface area (Å²) in [5.41, 5.74) is 8.25. The lowest BCUT2D eigenvalue weighted by Gasteiger charge is -2.14. The molecule has 0 radical (unpaired) electrons. The van der Waals surface area contributed by atoms with Crippen LogP contribution in [0.1, 0.15) is 24.0 Å². The van der Waals surface area contributed by atoms with Crippen molar-refractivity contribution in [2.45, 2.75) is 18.9 Å². The van der Waals surface area contributed by atoms with E-state index >= 15 is 0 Å². The van der Waals surface area contributed by atoms with E-state index in [2.05, 4.69) is 25.5 Å². The van der Waals surface area contributed by atoms with Gasteiger partial charge in [0.1, 0.15) is 23.7 Å². The van der Waals surface area contributed by atoms with Crippen molar-refractivity contribution in [1.82, 2.24) is 39.7 Å². The van der Waals surface area contributed by atoms with Crippen LogP contribution in [-0.4, -0.2) is 45.8 Å². The molecule has 1 atom stereocenters. The number of nitrogens with one attached hydrogen (secondary N) is 1. The summed E-state index contributed by atoms with van der Waals surface area (Å²) in [6.07, 6.45) is 3.61.